The fourth-order valence-electron chi connectivity index (χ4n) is 1.97. The second-order valence-corrected chi connectivity index (χ2v) is 4.32. The first-order chi connectivity index (χ1) is 10.2. The van der Waals surface area contributed by atoms with Gasteiger partial charge in [-0.2, -0.15) is 0 Å². The van der Waals surface area contributed by atoms with Gasteiger partial charge in [-0.1, -0.05) is 18.2 Å². The monoisotopic (exact) mass is 284 g/mol. The van der Waals surface area contributed by atoms with Crippen molar-refractivity contribution in [2.45, 2.75) is 6.92 Å². The van der Waals surface area contributed by atoms with Gasteiger partial charge in [-0.05, 0) is 37.3 Å². The zero-order chi connectivity index (χ0) is 15.2. The van der Waals surface area contributed by atoms with Crippen LogP contribution in [0, 0.1) is 0 Å². The number of hydrogen-bond donors (Lipinski definition) is 0. The van der Waals surface area contributed by atoms with Gasteiger partial charge in [0.05, 0.1) is 19.3 Å². The highest BCUT2D eigenvalue weighted by Gasteiger charge is 2.18. The molecule has 0 atom stereocenters. The Morgan fingerprint density at radius 1 is 0.952 bits per heavy atom. The van der Waals surface area contributed by atoms with Gasteiger partial charge in [0.1, 0.15) is 5.75 Å². The highest BCUT2D eigenvalue weighted by atomic mass is 16.5. The zero-order valence-electron chi connectivity index (χ0n) is 12.0. The zero-order valence-corrected chi connectivity index (χ0v) is 12.0. The Labute approximate surface area is 123 Å². The van der Waals surface area contributed by atoms with Gasteiger partial charge in [-0.3, -0.25) is 4.79 Å². The summed E-state index contributed by atoms with van der Waals surface area (Å²) in [6.45, 7) is 2.00. The second kappa shape index (κ2) is 6.70. The molecule has 0 aliphatic heterocycles. The molecule has 2 rings (SSSR count). The van der Waals surface area contributed by atoms with Crippen molar-refractivity contribution >= 4 is 11.8 Å². The molecule has 0 saturated heterocycles. The average Bonchev–Trinajstić information content (AvgIpc) is 2.54. The van der Waals surface area contributed by atoms with Crippen LogP contribution in [0.15, 0.2) is 48.5 Å². The highest BCUT2D eigenvalue weighted by molar-refractivity contribution is 6.14. The molecule has 0 aromatic heterocycles. The van der Waals surface area contributed by atoms with E-state index in [1.165, 1.54) is 0 Å². The van der Waals surface area contributed by atoms with Crippen LogP contribution in [-0.2, 0) is 4.74 Å². The Hall–Kier alpha value is -2.62. The van der Waals surface area contributed by atoms with E-state index in [1.807, 2.05) is 0 Å². The summed E-state index contributed by atoms with van der Waals surface area (Å²) in [4.78, 5) is 24.4. The third kappa shape index (κ3) is 3.28. The third-order valence-electron chi connectivity index (χ3n) is 3.02. The minimum absolute atomic E-state index is 0.221. The van der Waals surface area contributed by atoms with E-state index >= 15 is 0 Å². The maximum atomic E-state index is 12.5. The first-order valence-electron chi connectivity index (χ1n) is 6.62. The van der Waals surface area contributed by atoms with Crippen LogP contribution in [0.25, 0.3) is 0 Å². The second-order valence-electron chi connectivity index (χ2n) is 4.32. The first-order valence-corrected chi connectivity index (χ1v) is 6.62. The number of esters is 1. The average molecular weight is 284 g/mol. The van der Waals surface area contributed by atoms with Gasteiger partial charge >= 0.3 is 5.97 Å². The molecule has 0 unspecified atom stereocenters. The summed E-state index contributed by atoms with van der Waals surface area (Å²) in [5, 5.41) is 0. The fourth-order valence-corrected chi connectivity index (χ4v) is 1.97. The Balaban J connectivity index is 2.36. The minimum atomic E-state index is -0.491. The molecule has 0 aliphatic carbocycles. The highest BCUT2D eigenvalue weighted by Crippen LogP contribution is 2.18. The van der Waals surface area contributed by atoms with Gasteiger partial charge in [0, 0.05) is 11.1 Å². The van der Waals surface area contributed by atoms with E-state index in [1.54, 1.807) is 62.6 Å². The van der Waals surface area contributed by atoms with E-state index in [4.69, 9.17) is 9.47 Å². The summed E-state index contributed by atoms with van der Waals surface area (Å²) in [6, 6.07) is 13.4. The van der Waals surface area contributed by atoms with Gasteiger partial charge < -0.3 is 9.47 Å². The summed E-state index contributed by atoms with van der Waals surface area (Å²) >= 11 is 0. The van der Waals surface area contributed by atoms with Crippen molar-refractivity contribution < 1.29 is 19.1 Å². The standard InChI is InChI=1S/C17H16O4/c1-3-21-17(19)15-7-5-4-6-14(15)16(18)12-8-10-13(20-2)11-9-12/h4-11H,3H2,1-2H3. The van der Waals surface area contributed by atoms with E-state index < -0.39 is 5.97 Å². The Kier molecular flexibility index (Phi) is 4.72. The van der Waals surface area contributed by atoms with Crippen molar-refractivity contribution in [1.82, 2.24) is 0 Å². The lowest BCUT2D eigenvalue weighted by Crippen LogP contribution is -2.12. The summed E-state index contributed by atoms with van der Waals surface area (Å²) in [6.07, 6.45) is 0. The van der Waals surface area contributed by atoms with Gasteiger partial charge in [-0.15, -0.1) is 0 Å². The van der Waals surface area contributed by atoms with Crippen molar-refractivity contribution in [3.8, 4) is 5.75 Å². The molecular formula is C17H16O4. The first kappa shape index (κ1) is 14.8. The van der Waals surface area contributed by atoms with E-state index in [-0.39, 0.29) is 18.0 Å². The molecule has 0 spiro atoms. The molecule has 0 heterocycles. The summed E-state index contributed by atoms with van der Waals surface area (Å²) in [5.74, 6) is -0.0403. The maximum Gasteiger partial charge on any atom is 0.338 e. The van der Waals surface area contributed by atoms with Gasteiger partial charge in [0.15, 0.2) is 5.78 Å². The largest absolute Gasteiger partial charge is 0.497 e. The molecule has 2 aromatic rings. The van der Waals surface area contributed by atoms with E-state index in [9.17, 15) is 9.59 Å². The van der Waals surface area contributed by atoms with Crippen LogP contribution >= 0.6 is 0 Å². The van der Waals surface area contributed by atoms with Crippen LogP contribution in [0.2, 0.25) is 0 Å². The normalized spacial score (nSPS) is 10.0. The quantitative estimate of drug-likeness (QED) is 0.625. The summed E-state index contributed by atoms with van der Waals surface area (Å²) < 4.78 is 10.0. The number of ketones is 1. The molecule has 0 bridgehead atoms. The lowest BCUT2D eigenvalue weighted by atomic mass is 9.98. The summed E-state index contributed by atoms with van der Waals surface area (Å²) in [5.41, 5.74) is 1.11. The number of rotatable bonds is 5. The molecule has 0 saturated carbocycles. The number of carbonyl (C=O) groups is 2. The van der Waals surface area contributed by atoms with Crippen molar-refractivity contribution in [3.63, 3.8) is 0 Å². The Bertz CT molecular complexity index is 644. The van der Waals surface area contributed by atoms with E-state index in [2.05, 4.69) is 0 Å². The third-order valence-corrected chi connectivity index (χ3v) is 3.02. The summed E-state index contributed by atoms with van der Waals surface area (Å²) in [7, 11) is 1.56. The molecule has 0 fully saturated rings. The lowest BCUT2D eigenvalue weighted by Gasteiger charge is -2.08. The lowest BCUT2D eigenvalue weighted by molar-refractivity contribution is 0.0523. The Morgan fingerprint density at radius 2 is 1.57 bits per heavy atom. The molecule has 0 amide bonds. The van der Waals surface area contributed by atoms with Gasteiger partial charge in [0.2, 0.25) is 0 Å². The van der Waals surface area contributed by atoms with Crippen molar-refractivity contribution in [1.29, 1.82) is 0 Å². The molecule has 0 radical (unpaired) electrons. The van der Waals surface area contributed by atoms with Crippen LogP contribution in [0.5, 0.6) is 5.75 Å². The molecule has 108 valence electrons. The van der Waals surface area contributed by atoms with Crippen LogP contribution in [-0.4, -0.2) is 25.5 Å². The molecule has 4 nitrogen and oxygen atoms in total. The number of methoxy groups -OCH3 is 1. The van der Waals surface area contributed by atoms with Gasteiger partial charge in [0.25, 0.3) is 0 Å². The van der Waals surface area contributed by atoms with E-state index in [0.717, 1.165) is 0 Å². The molecular weight excluding hydrogens is 268 g/mol. The van der Waals surface area contributed by atoms with Gasteiger partial charge in [-0.25, -0.2) is 4.79 Å². The molecule has 21 heavy (non-hydrogen) atoms. The maximum absolute atomic E-state index is 12.5. The van der Waals surface area contributed by atoms with Crippen molar-refractivity contribution in [2.24, 2.45) is 0 Å². The van der Waals surface area contributed by atoms with Crippen LogP contribution in [0.4, 0.5) is 0 Å². The number of carbonyl (C=O) groups excluding carboxylic acids is 2. The fraction of sp³-hybridized carbons (Fsp3) is 0.176. The molecule has 0 aliphatic rings. The minimum Gasteiger partial charge on any atom is -0.497 e. The topological polar surface area (TPSA) is 52.6 Å². The van der Waals surface area contributed by atoms with Crippen molar-refractivity contribution in [3.05, 3.63) is 65.2 Å². The Morgan fingerprint density at radius 3 is 2.14 bits per heavy atom. The number of hydrogen-bond acceptors (Lipinski definition) is 4. The van der Waals surface area contributed by atoms with E-state index in [0.29, 0.717) is 16.9 Å². The molecule has 4 heteroatoms. The van der Waals surface area contributed by atoms with Crippen molar-refractivity contribution in [2.75, 3.05) is 13.7 Å². The number of ether oxygens (including phenoxy) is 2. The SMILES string of the molecule is CCOC(=O)c1ccccc1C(=O)c1ccc(OC)cc1. The predicted octanol–water partition coefficient (Wildman–Crippen LogP) is 3.10. The van der Waals surface area contributed by atoms with Crippen LogP contribution in [0.3, 0.4) is 0 Å². The number of benzene rings is 2. The smallest absolute Gasteiger partial charge is 0.338 e. The molecule has 0 N–H and O–H groups in total. The predicted molar refractivity (Wildman–Crippen MR) is 78.8 cm³/mol. The van der Waals surface area contributed by atoms with Crippen LogP contribution < -0.4 is 4.74 Å². The van der Waals surface area contributed by atoms with Crippen LogP contribution in [0.1, 0.15) is 33.2 Å². The molecule has 2 aromatic carbocycles.